The number of carboxylic acids is 2. The van der Waals surface area contributed by atoms with Crippen LogP contribution in [-0.4, -0.2) is 44.3 Å². The van der Waals surface area contributed by atoms with Crippen LogP contribution in [0.3, 0.4) is 0 Å². The molecule has 0 bridgehead atoms. The number of nitrogens with zero attached hydrogens (tertiary/aromatic N) is 2. The number of rotatable bonds is 2. The SMILES string of the molecule is CC(O)C(=O)[O-].CC(O)C(=O)[O-].Cc1ccncc1.Cc1ccncc1.[Pt+2]. The van der Waals surface area contributed by atoms with E-state index in [-0.39, 0.29) is 21.1 Å². The number of aliphatic hydroxyl groups excluding tert-OH is 2. The van der Waals surface area contributed by atoms with Gasteiger partial charge in [-0.1, -0.05) is 0 Å². The Morgan fingerprint density at radius 2 is 0.963 bits per heavy atom. The first-order valence-electron chi connectivity index (χ1n) is 7.59. The standard InChI is InChI=1S/2C6H7N.2C3H6O3.Pt/c2*1-6-2-4-7-5-3-6;2*1-2(4)3(5)6;/h2*2-5H,1H3;2*2,4H,1H3,(H,5,6);/q;;;;+2/p-2. The van der Waals surface area contributed by atoms with Crippen LogP contribution in [0.4, 0.5) is 0 Å². The Labute approximate surface area is 173 Å². The number of aryl methyl sites for hydroxylation is 2. The molecule has 152 valence electrons. The molecule has 0 amide bonds. The molecule has 0 radical (unpaired) electrons. The van der Waals surface area contributed by atoms with Crippen molar-refractivity contribution in [2.75, 3.05) is 0 Å². The Hall–Kier alpha value is -2.15. The van der Waals surface area contributed by atoms with Crippen molar-refractivity contribution in [2.45, 2.75) is 39.9 Å². The van der Waals surface area contributed by atoms with Crippen molar-refractivity contribution in [1.29, 1.82) is 0 Å². The second-order valence-corrected chi connectivity index (χ2v) is 5.04. The third kappa shape index (κ3) is 23.8. The van der Waals surface area contributed by atoms with Crippen LogP contribution >= 0.6 is 0 Å². The summed E-state index contributed by atoms with van der Waals surface area (Å²) < 4.78 is 0. The van der Waals surface area contributed by atoms with Gasteiger partial charge in [-0.15, -0.1) is 0 Å². The number of aromatic nitrogens is 2. The molecule has 2 heterocycles. The summed E-state index contributed by atoms with van der Waals surface area (Å²) in [4.78, 5) is 26.4. The summed E-state index contributed by atoms with van der Waals surface area (Å²) in [5.41, 5.74) is 2.52. The zero-order valence-corrected chi connectivity index (χ0v) is 17.8. The van der Waals surface area contributed by atoms with Gasteiger partial charge in [0.1, 0.15) is 0 Å². The minimum Gasteiger partial charge on any atom is -0.547 e. The van der Waals surface area contributed by atoms with Crippen molar-refractivity contribution in [3.8, 4) is 0 Å². The average Bonchev–Trinajstić information content (AvgIpc) is 2.58. The van der Waals surface area contributed by atoms with Crippen LogP contribution in [0.25, 0.3) is 0 Å². The molecule has 8 nitrogen and oxygen atoms in total. The van der Waals surface area contributed by atoms with Crippen LogP contribution in [0.5, 0.6) is 0 Å². The van der Waals surface area contributed by atoms with Gasteiger partial charge in [0, 0.05) is 24.8 Å². The summed E-state index contributed by atoms with van der Waals surface area (Å²) in [7, 11) is 0. The molecule has 2 aromatic heterocycles. The van der Waals surface area contributed by atoms with Crippen LogP contribution in [0.15, 0.2) is 49.1 Å². The van der Waals surface area contributed by atoms with Gasteiger partial charge in [-0.05, 0) is 63.1 Å². The van der Waals surface area contributed by atoms with Crippen LogP contribution < -0.4 is 10.2 Å². The molecule has 0 saturated heterocycles. The Balaban J connectivity index is -0.000000282. The van der Waals surface area contributed by atoms with Gasteiger partial charge < -0.3 is 30.0 Å². The molecule has 0 spiro atoms. The van der Waals surface area contributed by atoms with Crippen LogP contribution in [0, 0.1) is 13.8 Å². The van der Waals surface area contributed by atoms with Gasteiger partial charge in [0.15, 0.2) is 0 Å². The number of pyridine rings is 2. The Bertz CT molecular complexity index is 554. The average molecular weight is 559 g/mol. The number of hydrogen-bond donors (Lipinski definition) is 2. The normalized spacial score (nSPS) is 10.6. The fourth-order valence-electron chi connectivity index (χ4n) is 0.853. The van der Waals surface area contributed by atoms with Crippen molar-refractivity contribution in [3.63, 3.8) is 0 Å². The van der Waals surface area contributed by atoms with Crippen LogP contribution in [-0.2, 0) is 30.7 Å². The molecule has 0 aromatic carbocycles. The smallest absolute Gasteiger partial charge is 0.547 e. The van der Waals surface area contributed by atoms with E-state index < -0.39 is 24.1 Å². The third-order valence-corrected chi connectivity index (χ3v) is 2.38. The fraction of sp³-hybridized carbons (Fsp3) is 0.333. The zero-order valence-electron chi connectivity index (χ0n) is 15.5. The van der Waals surface area contributed by atoms with E-state index in [1.54, 1.807) is 24.8 Å². The van der Waals surface area contributed by atoms with Crippen molar-refractivity contribution >= 4 is 11.9 Å². The number of carboxylic acid groups (broad SMARTS) is 2. The maximum Gasteiger partial charge on any atom is 2.00 e. The molecule has 9 heteroatoms. The first-order chi connectivity index (χ1) is 12.1. The second-order valence-electron chi connectivity index (χ2n) is 5.04. The fourth-order valence-corrected chi connectivity index (χ4v) is 0.853. The maximum atomic E-state index is 9.34. The summed E-state index contributed by atoms with van der Waals surface area (Å²) in [6.45, 7) is 6.36. The molecular formula is C18H24N2O6Pt. The van der Waals surface area contributed by atoms with Gasteiger partial charge in [-0.25, -0.2) is 0 Å². The first kappa shape index (κ1) is 29.6. The van der Waals surface area contributed by atoms with E-state index in [1.807, 2.05) is 38.1 Å². The predicted octanol–water partition coefficient (Wildman–Crippen LogP) is -0.988. The number of hydrogen-bond acceptors (Lipinski definition) is 8. The molecule has 2 atom stereocenters. The van der Waals surface area contributed by atoms with Gasteiger partial charge in [-0.3, -0.25) is 9.97 Å². The molecule has 0 aliphatic heterocycles. The molecular weight excluding hydrogens is 535 g/mol. The Morgan fingerprint density at radius 1 is 0.778 bits per heavy atom. The topological polar surface area (TPSA) is 146 Å². The van der Waals surface area contributed by atoms with Gasteiger partial charge in [0.2, 0.25) is 0 Å². The summed E-state index contributed by atoms with van der Waals surface area (Å²) in [6.07, 6.45) is 4.46. The number of carbonyl (C=O) groups excluding carboxylic acids is 2. The van der Waals surface area contributed by atoms with E-state index in [1.165, 1.54) is 11.1 Å². The van der Waals surface area contributed by atoms with Crippen LogP contribution in [0.1, 0.15) is 25.0 Å². The minimum absolute atomic E-state index is 0. The van der Waals surface area contributed by atoms with Gasteiger partial charge >= 0.3 is 21.1 Å². The van der Waals surface area contributed by atoms with E-state index in [2.05, 4.69) is 9.97 Å². The summed E-state index contributed by atoms with van der Waals surface area (Å²) in [6, 6.07) is 7.89. The van der Waals surface area contributed by atoms with E-state index in [9.17, 15) is 19.8 Å². The molecule has 0 aliphatic carbocycles. The van der Waals surface area contributed by atoms with Gasteiger partial charge in [0.25, 0.3) is 0 Å². The van der Waals surface area contributed by atoms with E-state index in [0.717, 1.165) is 13.8 Å². The van der Waals surface area contributed by atoms with Gasteiger partial charge in [-0.2, -0.15) is 0 Å². The molecule has 27 heavy (non-hydrogen) atoms. The third-order valence-electron chi connectivity index (χ3n) is 2.38. The molecule has 0 fully saturated rings. The monoisotopic (exact) mass is 559 g/mol. The number of aliphatic hydroxyl groups is 2. The first-order valence-corrected chi connectivity index (χ1v) is 7.59. The predicted molar refractivity (Wildman–Crippen MR) is 91.3 cm³/mol. The molecule has 2 N–H and O–H groups in total. The van der Waals surface area contributed by atoms with E-state index >= 15 is 0 Å². The number of carbonyl (C=O) groups is 2. The summed E-state index contributed by atoms with van der Waals surface area (Å²) in [5.74, 6) is -2.87. The Kier molecular flexibility index (Phi) is 20.4. The summed E-state index contributed by atoms with van der Waals surface area (Å²) >= 11 is 0. The van der Waals surface area contributed by atoms with E-state index in [0.29, 0.717) is 0 Å². The van der Waals surface area contributed by atoms with Crippen molar-refractivity contribution in [2.24, 2.45) is 0 Å². The Morgan fingerprint density at radius 3 is 1.04 bits per heavy atom. The quantitative estimate of drug-likeness (QED) is 0.477. The molecule has 0 saturated carbocycles. The number of aliphatic carboxylic acids is 2. The molecule has 2 rings (SSSR count). The maximum absolute atomic E-state index is 9.34. The van der Waals surface area contributed by atoms with E-state index in [4.69, 9.17) is 10.2 Å². The second kappa shape index (κ2) is 18.6. The van der Waals surface area contributed by atoms with Crippen molar-refractivity contribution in [3.05, 3.63) is 60.2 Å². The van der Waals surface area contributed by atoms with Crippen LogP contribution in [0.2, 0.25) is 0 Å². The van der Waals surface area contributed by atoms with Gasteiger partial charge in [0.05, 0.1) is 24.1 Å². The van der Waals surface area contributed by atoms with Crippen molar-refractivity contribution in [1.82, 2.24) is 9.97 Å². The van der Waals surface area contributed by atoms with Crippen molar-refractivity contribution < 1.29 is 51.1 Å². The zero-order chi connectivity index (χ0) is 20.5. The molecule has 0 aliphatic rings. The minimum atomic E-state index is -1.44. The molecule has 2 aromatic rings. The largest absolute Gasteiger partial charge is 2.00 e. The summed E-state index contributed by atoms with van der Waals surface area (Å²) in [5, 5.41) is 34.6. The molecule has 2 unspecified atom stereocenters.